The van der Waals surface area contributed by atoms with Crippen LogP contribution in [0.4, 0.5) is 0 Å². The van der Waals surface area contributed by atoms with Crippen molar-refractivity contribution in [1.29, 1.82) is 0 Å². The molecule has 19 heteroatoms. The molecule has 0 fully saturated rings. The third-order valence-electron chi connectivity index (χ3n) is 14.4. The highest BCUT2D eigenvalue weighted by atomic mass is 31.2. The largest absolute Gasteiger partial charge is 0.472 e. The lowest BCUT2D eigenvalue weighted by molar-refractivity contribution is -0.161. The van der Waals surface area contributed by atoms with E-state index in [1.807, 2.05) is 0 Å². The Morgan fingerprint density at radius 2 is 0.533 bits per heavy atom. The number of phosphoric acid groups is 2. The molecule has 17 nitrogen and oxygen atoms in total. The normalized spacial score (nSPS) is 14.6. The first-order chi connectivity index (χ1) is 44.7. The van der Waals surface area contributed by atoms with Crippen molar-refractivity contribution in [2.45, 2.75) is 303 Å². The van der Waals surface area contributed by atoms with E-state index in [9.17, 15) is 43.2 Å². The summed E-state index contributed by atoms with van der Waals surface area (Å²) in [4.78, 5) is 72.6. The quantitative estimate of drug-likeness (QED) is 0.0169. The number of esters is 4. The van der Waals surface area contributed by atoms with Gasteiger partial charge in [0.25, 0.3) is 0 Å². The van der Waals surface area contributed by atoms with Gasteiger partial charge in [0, 0.05) is 25.7 Å². The van der Waals surface area contributed by atoms with Crippen molar-refractivity contribution in [1.82, 2.24) is 0 Å². The van der Waals surface area contributed by atoms with Crippen LogP contribution in [0.2, 0.25) is 0 Å². The zero-order valence-corrected chi connectivity index (χ0v) is 59.2. The standard InChI is InChI=1S/C73H126O17P2/c1-5-9-13-17-21-25-29-33-37-41-45-49-53-57-70(75)83-63-68(89-72(77)59-55-51-47-43-39-35-31-27-23-19-15-11-7-3)65-87-91(79,80)85-61-67(74)62-86-92(81,82)88-66-69(90-73(78)60-56-52-48-44-40-36-32-28-24-20-16-12-8-4)64-84-71(76)58-54-50-46-42-38-34-30-26-22-18-14-10-6-2/h13-20,25-32,67-69,74H,5-12,21-24,33-66H2,1-4H3,(H,79,80)(H,81,82)/b17-13-,18-14-,19-15-,20-16-,29-25-,30-26-,31-27-,32-28-. The van der Waals surface area contributed by atoms with E-state index < -0.39 is 97.5 Å². The third-order valence-corrected chi connectivity index (χ3v) is 16.3. The van der Waals surface area contributed by atoms with Crippen molar-refractivity contribution in [3.05, 3.63) is 97.2 Å². The molecule has 0 aliphatic heterocycles. The van der Waals surface area contributed by atoms with Crippen molar-refractivity contribution in [2.75, 3.05) is 39.6 Å². The molecule has 0 radical (unpaired) electrons. The molecule has 0 saturated heterocycles. The number of phosphoric ester groups is 2. The van der Waals surface area contributed by atoms with Crippen LogP contribution in [0.1, 0.15) is 285 Å². The second-order valence-corrected chi connectivity index (χ2v) is 26.4. The average Bonchev–Trinajstić information content (AvgIpc) is 3.63. The van der Waals surface area contributed by atoms with Gasteiger partial charge in [0.1, 0.15) is 19.3 Å². The van der Waals surface area contributed by atoms with E-state index in [4.69, 9.17) is 37.0 Å². The summed E-state index contributed by atoms with van der Waals surface area (Å²) in [5.41, 5.74) is 0. The summed E-state index contributed by atoms with van der Waals surface area (Å²) < 4.78 is 68.2. The van der Waals surface area contributed by atoms with Crippen LogP contribution in [0.5, 0.6) is 0 Å². The van der Waals surface area contributed by atoms with Gasteiger partial charge in [0.05, 0.1) is 26.4 Å². The first-order valence-corrected chi connectivity index (χ1v) is 38.5. The van der Waals surface area contributed by atoms with Gasteiger partial charge in [-0.3, -0.25) is 37.3 Å². The zero-order valence-electron chi connectivity index (χ0n) is 57.4. The van der Waals surface area contributed by atoms with E-state index in [0.717, 1.165) is 205 Å². The number of hydrogen-bond donors (Lipinski definition) is 3. The van der Waals surface area contributed by atoms with Gasteiger partial charge in [-0.05, 0) is 128 Å². The second-order valence-electron chi connectivity index (χ2n) is 23.5. The fraction of sp³-hybridized carbons (Fsp3) is 0.726. The van der Waals surface area contributed by atoms with Gasteiger partial charge in [0.2, 0.25) is 0 Å². The Morgan fingerprint density at radius 1 is 0.304 bits per heavy atom. The van der Waals surface area contributed by atoms with Gasteiger partial charge in [-0.1, -0.05) is 228 Å². The number of unbranched alkanes of at least 4 members (excludes halogenated alkanes) is 24. The van der Waals surface area contributed by atoms with Crippen molar-refractivity contribution in [3.8, 4) is 0 Å². The first kappa shape index (κ1) is 88.0. The molecule has 0 heterocycles. The van der Waals surface area contributed by atoms with Crippen molar-refractivity contribution in [2.24, 2.45) is 0 Å². The Balaban J connectivity index is 5.36. The van der Waals surface area contributed by atoms with Gasteiger partial charge in [0.15, 0.2) is 12.2 Å². The molecular weight excluding hydrogens is 1210 g/mol. The minimum absolute atomic E-state index is 0.0749. The van der Waals surface area contributed by atoms with Crippen molar-refractivity contribution >= 4 is 39.5 Å². The number of carbonyl (C=O) groups is 4. The Bertz CT molecular complexity index is 1990. The average molecular weight is 1340 g/mol. The van der Waals surface area contributed by atoms with Crippen LogP contribution < -0.4 is 0 Å². The maximum absolute atomic E-state index is 13.0. The molecule has 4 unspecified atom stereocenters. The molecule has 0 saturated carbocycles. The molecule has 0 rings (SSSR count). The number of carbonyl (C=O) groups excluding carboxylic acids is 4. The number of aliphatic hydroxyl groups excluding tert-OH is 1. The van der Waals surface area contributed by atoms with Crippen LogP contribution in [0.25, 0.3) is 0 Å². The van der Waals surface area contributed by atoms with Crippen LogP contribution in [0.15, 0.2) is 97.2 Å². The van der Waals surface area contributed by atoms with Crippen LogP contribution >= 0.6 is 15.6 Å². The van der Waals surface area contributed by atoms with E-state index in [1.165, 1.54) is 0 Å². The van der Waals surface area contributed by atoms with E-state index in [0.29, 0.717) is 25.7 Å². The highest BCUT2D eigenvalue weighted by Gasteiger charge is 2.30. The van der Waals surface area contributed by atoms with Gasteiger partial charge < -0.3 is 33.8 Å². The SMILES string of the molecule is CCC/C=C\C/C=C\CCCCCCCC(=O)OCC(COP(=O)(O)OCC(O)COP(=O)(O)OCC(COC(=O)CCCCCCC/C=C\C/C=C\CCC)OC(=O)CCCCCCC/C=C\C/C=C\CCC)OC(=O)CCCCCCC/C=C\C/C=C\CCC. The van der Waals surface area contributed by atoms with Crippen LogP contribution in [-0.2, 0) is 65.4 Å². The molecule has 0 aromatic carbocycles. The van der Waals surface area contributed by atoms with Gasteiger partial charge in [-0.2, -0.15) is 0 Å². The number of allylic oxidation sites excluding steroid dienone is 16. The smallest absolute Gasteiger partial charge is 0.462 e. The Labute approximate surface area is 557 Å². The highest BCUT2D eigenvalue weighted by Crippen LogP contribution is 2.45. The number of aliphatic hydroxyl groups is 1. The highest BCUT2D eigenvalue weighted by molar-refractivity contribution is 7.47. The lowest BCUT2D eigenvalue weighted by Crippen LogP contribution is -2.30. The topological polar surface area (TPSA) is 237 Å². The molecule has 92 heavy (non-hydrogen) atoms. The van der Waals surface area contributed by atoms with E-state index >= 15 is 0 Å². The molecular formula is C73H126O17P2. The first-order valence-electron chi connectivity index (χ1n) is 35.5. The fourth-order valence-electron chi connectivity index (χ4n) is 9.02. The summed E-state index contributed by atoms with van der Waals surface area (Å²) in [5.74, 6) is -2.23. The predicted molar refractivity (Wildman–Crippen MR) is 372 cm³/mol. The Morgan fingerprint density at radius 3 is 0.804 bits per heavy atom. The summed E-state index contributed by atoms with van der Waals surface area (Å²) in [6, 6.07) is 0. The molecule has 0 spiro atoms. The van der Waals surface area contributed by atoms with E-state index in [1.54, 1.807) is 0 Å². The minimum atomic E-state index is -4.97. The third kappa shape index (κ3) is 64.7. The van der Waals surface area contributed by atoms with Crippen molar-refractivity contribution < 1.29 is 80.2 Å². The number of rotatable bonds is 66. The Kier molecular flexibility index (Phi) is 62.8. The maximum atomic E-state index is 13.0. The molecule has 0 bridgehead atoms. The molecule has 0 aromatic heterocycles. The zero-order chi connectivity index (χ0) is 67.5. The summed E-state index contributed by atoms with van der Waals surface area (Å²) >= 11 is 0. The second kappa shape index (κ2) is 65.6. The summed E-state index contributed by atoms with van der Waals surface area (Å²) in [5, 5.41) is 10.6. The summed E-state index contributed by atoms with van der Waals surface area (Å²) in [7, 11) is -9.95. The van der Waals surface area contributed by atoms with E-state index in [-0.39, 0.29) is 25.7 Å². The maximum Gasteiger partial charge on any atom is 0.472 e. The summed E-state index contributed by atoms with van der Waals surface area (Å²) in [6.45, 7) is 4.53. The molecule has 0 aliphatic rings. The molecule has 0 aromatic rings. The molecule has 0 aliphatic carbocycles. The fourth-order valence-corrected chi connectivity index (χ4v) is 10.6. The Hall–Kier alpha value is -4.02. The van der Waals surface area contributed by atoms with Crippen molar-refractivity contribution in [3.63, 3.8) is 0 Å². The molecule has 0 amide bonds. The summed E-state index contributed by atoms with van der Waals surface area (Å²) in [6.07, 6.45) is 65.6. The van der Waals surface area contributed by atoms with E-state index in [2.05, 4.69) is 125 Å². The predicted octanol–water partition coefficient (Wildman–Crippen LogP) is 19.7. The lowest BCUT2D eigenvalue weighted by atomic mass is 10.1. The van der Waals surface area contributed by atoms with Crippen LogP contribution in [0.3, 0.4) is 0 Å². The monoisotopic (exact) mass is 1340 g/mol. The number of ether oxygens (including phenoxy) is 4. The van der Waals surface area contributed by atoms with Crippen LogP contribution in [-0.4, -0.2) is 96.7 Å². The molecule has 4 atom stereocenters. The molecule has 3 N–H and O–H groups in total. The lowest BCUT2D eigenvalue weighted by Gasteiger charge is -2.21. The van der Waals surface area contributed by atoms with Gasteiger partial charge in [-0.25, -0.2) is 9.13 Å². The number of hydrogen-bond acceptors (Lipinski definition) is 15. The van der Waals surface area contributed by atoms with Crippen LogP contribution in [0, 0.1) is 0 Å². The molecule has 530 valence electrons. The van der Waals surface area contributed by atoms with Gasteiger partial charge >= 0.3 is 39.5 Å². The van der Waals surface area contributed by atoms with Gasteiger partial charge in [-0.15, -0.1) is 0 Å². The minimum Gasteiger partial charge on any atom is -0.462 e.